The molecule has 0 spiro atoms. The molecule has 0 bridgehead atoms. The molecule has 0 aliphatic carbocycles. The van der Waals surface area contributed by atoms with E-state index in [2.05, 4.69) is 5.32 Å². The van der Waals surface area contributed by atoms with Gasteiger partial charge in [0.1, 0.15) is 11.8 Å². The van der Waals surface area contributed by atoms with Crippen LogP contribution in [0.15, 0.2) is 24.3 Å². The van der Waals surface area contributed by atoms with Gasteiger partial charge in [0.25, 0.3) is 0 Å². The second-order valence-corrected chi connectivity index (χ2v) is 4.63. The topological polar surface area (TPSA) is 41.5 Å². The van der Waals surface area contributed by atoms with Crippen LogP contribution in [0, 0.1) is 5.92 Å². The zero-order valence-electron chi connectivity index (χ0n) is 11.4. The summed E-state index contributed by atoms with van der Waals surface area (Å²) in [5.74, 6) is -5.84. The number of hydrogen-bond acceptors (Lipinski definition) is 3. The van der Waals surface area contributed by atoms with E-state index in [0.29, 0.717) is 5.75 Å². The smallest absolute Gasteiger partial charge is 0.455 e. The molecule has 120 valence electrons. The van der Waals surface area contributed by atoms with Gasteiger partial charge in [0.2, 0.25) is 0 Å². The number of ether oxygens (including phenoxy) is 1. The molecule has 3 nitrogen and oxygen atoms in total. The van der Waals surface area contributed by atoms with Crippen molar-refractivity contribution in [3.8, 4) is 5.75 Å². The molecule has 0 aliphatic rings. The maximum atomic E-state index is 13.5. The Morgan fingerprint density at radius 2 is 1.67 bits per heavy atom. The maximum Gasteiger partial charge on any atom is 0.455 e. The summed E-state index contributed by atoms with van der Waals surface area (Å²) in [7, 11) is 1.40. The minimum absolute atomic E-state index is 0.0741. The molecular formula is C13H16F5NO2. The summed E-state index contributed by atoms with van der Waals surface area (Å²) >= 11 is 0. The van der Waals surface area contributed by atoms with Gasteiger partial charge in [0.05, 0.1) is 7.11 Å². The highest BCUT2D eigenvalue weighted by Crippen LogP contribution is 2.41. The minimum atomic E-state index is -5.71. The summed E-state index contributed by atoms with van der Waals surface area (Å²) in [6.45, 7) is 0.306. The molecule has 0 saturated carbocycles. The molecule has 21 heavy (non-hydrogen) atoms. The van der Waals surface area contributed by atoms with Crippen molar-refractivity contribution < 1.29 is 31.8 Å². The van der Waals surface area contributed by atoms with E-state index < -0.39 is 30.7 Å². The largest absolute Gasteiger partial charge is 0.497 e. The number of hydrogen-bond donors (Lipinski definition) is 2. The van der Waals surface area contributed by atoms with Crippen LogP contribution in [0.5, 0.6) is 5.75 Å². The molecule has 2 atom stereocenters. The molecule has 1 rings (SSSR count). The van der Waals surface area contributed by atoms with Gasteiger partial charge in [0, 0.05) is 18.2 Å². The molecule has 0 unspecified atom stereocenters. The van der Waals surface area contributed by atoms with Crippen LogP contribution in [0.4, 0.5) is 27.6 Å². The van der Waals surface area contributed by atoms with Crippen LogP contribution in [0.2, 0.25) is 0 Å². The Labute approximate surface area is 118 Å². The molecule has 0 aromatic heterocycles. The average molecular weight is 313 g/mol. The van der Waals surface area contributed by atoms with Crippen molar-refractivity contribution in [1.82, 2.24) is 0 Å². The highest BCUT2D eigenvalue weighted by molar-refractivity contribution is 5.47. The van der Waals surface area contributed by atoms with Crippen LogP contribution in [0.1, 0.15) is 6.92 Å². The fraction of sp³-hybridized carbons (Fsp3) is 0.538. The first kappa shape index (κ1) is 17.5. The van der Waals surface area contributed by atoms with Gasteiger partial charge in [0.15, 0.2) is 0 Å². The van der Waals surface area contributed by atoms with Gasteiger partial charge in [-0.1, -0.05) is 6.92 Å². The summed E-state index contributed by atoms with van der Waals surface area (Å²) in [6, 6.07) is 3.21. The third kappa shape index (κ3) is 3.96. The van der Waals surface area contributed by atoms with Crippen LogP contribution >= 0.6 is 0 Å². The van der Waals surface area contributed by atoms with Crippen molar-refractivity contribution in [1.29, 1.82) is 0 Å². The predicted octanol–water partition coefficient (Wildman–Crippen LogP) is 3.30. The van der Waals surface area contributed by atoms with Gasteiger partial charge in [-0.3, -0.25) is 0 Å². The molecule has 0 heterocycles. The van der Waals surface area contributed by atoms with Crippen LogP contribution in [-0.4, -0.2) is 37.0 Å². The molecule has 0 radical (unpaired) electrons. The summed E-state index contributed by atoms with van der Waals surface area (Å²) in [6.07, 6.45) is -5.71. The lowest BCUT2D eigenvalue weighted by molar-refractivity contribution is -0.291. The maximum absolute atomic E-state index is 13.5. The summed E-state index contributed by atoms with van der Waals surface area (Å²) in [4.78, 5) is 0. The molecule has 1 aromatic carbocycles. The number of halogens is 5. The molecular weight excluding hydrogens is 297 g/mol. The highest BCUT2D eigenvalue weighted by Gasteiger charge is 2.63. The molecule has 8 heteroatoms. The second-order valence-electron chi connectivity index (χ2n) is 4.63. The van der Waals surface area contributed by atoms with E-state index in [1.54, 1.807) is 0 Å². The predicted molar refractivity (Wildman–Crippen MR) is 67.7 cm³/mol. The SMILES string of the molecule is COc1ccc(N[C@@H]([C@@H](C)CO)C(F)(F)C(F)(F)F)cc1. The molecule has 2 N–H and O–H groups in total. The van der Waals surface area contributed by atoms with Gasteiger partial charge in [-0.15, -0.1) is 0 Å². The van der Waals surface area contributed by atoms with E-state index in [1.807, 2.05) is 0 Å². The normalized spacial score (nSPS) is 15.4. The highest BCUT2D eigenvalue weighted by atomic mass is 19.4. The number of benzene rings is 1. The second kappa shape index (κ2) is 6.46. The van der Waals surface area contributed by atoms with E-state index in [9.17, 15) is 22.0 Å². The Balaban J connectivity index is 3.03. The van der Waals surface area contributed by atoms with Crippen molar-refractivity contribution in [3.63, 3.8) is 0 Å². The number of methoxy groups -OCH3 is 1. The Kier molecular flexibility index (Phi) is 5.38. The molecule has 0 fully saturated rings. The van der Waals surface area contributed by atoms with Crippen molar-refractivity contribution in [2.45, 2.75) is 25.1 Å². The van der Waals surface area contributed by atoms with E-state index >= 15 is 0 Å². The minimum Gasteiger partial charge on any atom is -0.497 e. The number of alkyl halides is 5. The number of anilines is 1. The Morgan fingerprint density at radius 1 is 1.14 bits per heavy atom. The molecule has 1 aromatic rings. The zero-order chi connectivity index (χ0) is 16.3. The first-order valence-corrected chi connectivity index (χ1v) is 6.09. The van der Waals surface area contributed by atoms with E-state index in [-0.39, 0.29) is 5.69 Å². The molecule has 0 amide bonds. The lowest BCUT2D eigenvalue weighted by atomic mass is 9.95. The lowest BCUT2D eigenvalue weighted by Crippen LogP contribution is -2.54. The van der Waals surface area contributed by atoms with Crippen LogP contribution < -0.4 is 10.1 Å². The fourth-order valence-corrected chi connectivity index (χ4v) is 1.74. The third-order valence-electron chi connectivity index (χ3n) is 3.04. The van der Waals surface area contributed by atoms with Crippen molar-refractivity contribution in [2.75, 3.05) is 19.0 Å². The molecule has 0 saturated heterocycles. The van der Waals surface area contributed by atoms with Gasteiger partial charge in [-0.2, -0.15) is 22.0 Å². The first-order chi connectivity index (χ1) is 9.63. The van der Waals surface area contributed by atoms with Crippen molar-refractivity contribution in [2.24, 2.45) is 5.92 Å². The van der Waals surface area contributed by atoms with Crippen molar-refractivity contribution >= 4 is 5.69 Å². The monoisotopic (exact) mass is 313 g/mol. The van der Waals surface area contributed by atoms with Crippen LogP contribution in [0.3, 0.4) is 0 Å². The van der Waals surface area contributed by atoms with E-state index in [1.165, 1.54) is 31.4 Å². The zero-order valence-corrected chi connectivity index (χ0v) is 11.4. The van der Waals surface area contributed by atoms with Crippen LogP contribution in [-0.2, 0) is 0 Å². The van der Waals surface area contributed by atoms with Crippen LogP contribution in [0.25, 0.3) is 0 Å². The summed E-state index contributed by atoms with van der Waals surface area (Å²) in [5.41, 5.74) is 0.0741. The van der Waals surface area contributed by atoms with E-state index in [4.69, 9.17) is 9.84 Å². The standard InChI is InChI=1S/C13H16F5NO2/c1-8(7-20)11(12(14,15)13(16,17)18)19-9-3-5-10(21-2)6-4-9/h3-6,8,11,19-20H,7H2,1-2H3/t8-,11-/m0/s1. The number of aliphatic hydroxyl groups excluding tert-OH is 1. The lowest BCUT2D eigenvalue weighted by Gasteiger charge is -2.33. The van der Waals surface area contributed by atoms with E-state index in [0.717, 1.165) is 6.92 Å². The molecule has 0 aliphatic heterocycles. The number of rotatable bonds is 6. The average Bonchev–Trinajstić information content (AvgIpc) is 2.43. The number of aliphatic hydroxyl groups is 1. The Hall–Kier alpha value is -1.57. The van der Waals surface area contributed by atoms with Gasteiger partial charge in [-0.05, 0) is 24.3 Å². The van der Waals surface area contributed by atoms with Gasteiger partial charge >= 0.3 is 12.1 Å². The fourth-order valence-electron chi connectivity index (χ4n) is 1.74. The van der Waals surface area contributed by atoms with Gasteiger partial charge < -0.3 is 15.2 Å². The Bertz CT molecular complexity index is 447. The summed E-state index contributed by atoms with van der Waals surface area (Å²) < 4.78 is 69.5. The summed E-state index contributed by atoms with van der Waals surface area (Å²) in [5, 5.41) is 11.1. The first-order valence-electron chi connectivity index (χ1n) is 6.09. The third-order valence-corrected chi connectivity index (χ3v) is 3.04. The van der Waals surface area contributed by atoms with Gasteiger partial charge in [-0.25, -0.2) is 0 Å². The van der Waals surface area contributed by atoms with Crippen molar-refractivity contribution in [3.05, 3.63) is 24.3 Å². The quantitative estimate of drug-likeness (QED) is 0.792. The Morgan fingerprint density at radius 3 is 2.05 bits per heavy atom. The number of nitrogens with one attached hydrogen (secondary N) is 1.